The van der Waals surface area contributed by atoms with Crippen molar-refractivity contribution in [2.45, 2.75) is 70.5 Å². The molecule has 2 aliphatic rings. The minimum atomic E-state index is -0.576. The van der Waals surface area contributed by atoms with Crippen molar-refractivity contribution in [2.75, 3.05) is 0 Å². The number of nitrogens with one attached hydrogen (secondary N) is 3. The Kier molecular flexibility index (Phi) is 6.59. The molecule has 4 rings (SSSR count). The number of rotatable bonds is 5. The van der Waals surface area contributed by atoms with Crippen LogP contribution in [0.25, 0.3) is 0 Å². The summed E-state index contributed by atoms with van der Waals surface area (Å²) in [5.74, 6) is -0.126. The summed E-state index contributed by atoms with van der Waals surface area (Å²) in [5.41, 5.74) is 5.00. The van der Waals surface area contributed by atoms with Gasteiger partial charge in [0.05, 0.1) is 12.1 Å². The van der Waals surface area contributed by atoms with Crippen molar-refractivity contribution < 1.29 is 9.59 Å². The van der Waals surface area contributed by atoms with Gasteiger partial charge in [0.1, 0.15) is 6.04 Å². The molecule has 2 aromatic rings. The molecule has 0 heterocycles. The Hall–Kier alpha value is -2.82. The molecule has 5 nitrogen and oxygen atoms in total. The van der Waals surface area contributed by atoms with Crippen LogP contribution in [0.1, 0.15) is 73.9 Å². The van der Waals surface area contributed by atoms with Crippen molar-refractivity contribution in [2.24, 2.45) is 5.92 Å². The van der Waals surface area contributed by atoms with E-state index in [1.165, 1.54) is 22.3 Å². The topological polar surface area (TPSA) is 70.2 Å². The summed E-state index contributed by atoms with van der Waals surface area (Å²) in [6.07, 6.45) is 6.07. The largest absolute Gasteiger partial charge is 0.347 e. The molecule has 0 bridgehead atoms. The minimum Gasteiger partial charge on any atom is -0.347 e. The second kappa shape index (κ2) is 9.54. The average Bonchev–Trinajstić information content (AvgIpc) is 2.78. The maximum Gasteiger partial charge on any atom is 0.315 e. The van der Waals surface area contributed by atoms with E-state index in [4.69, 9.17) is 0 Å². The molecule has 5 heteroatoms. The van der Waals surface area contributed by atoms with E-state index < -0.39 is 6.04 Å². The lowest BCUT2D eigenvalue weighted by Gasteiger charge is -2.30. The third kappa shape index (κ3) is 4.92. The highest BCUT2D eigenvalue weighted by Gasteiger charge is 2.29. The van der Waals surface area contributed by atoms with Crippen LogP contribution in [-0.2, 0) is 17.6 Å². The normalized spacial score (nSPS) is 20.9. The maximum atomic E-state index is 13.1. The number of fused-ring (bicyclic) bond motifs is 2. The monoisotopic (exact) mass is 419 g/mol. The number of carbonyl (C=O) groups excluding carboxylic acids is 2. The number of benzene rings is 2. The number of amides is 3. The highest BCUT2D eigenvalue weighted by atomic mass is 16.2. The fourth-order valence-electron chi connectivity index (χ4n) is 4.95. The minimum absolute atomic E-state index is 0.00813. The Morgan fingerprint density at radius 3 is 1.87 bits per heavy atom. The van der Waals surface area contributed by atoms with Gasteiger partial charge in [0.15, 0.2) is 0 Å². The van der Waals surface area contributed by atoms with Crippen molar-refractivity contribution in [3.8, 4) is 0 Å². The summed E-state index contributed by atoms with van der Waals surface area (Å²) in [4.78, 5) is 26.0. The molecule has 0 aromatic heterocycles. The maximum absolute atomic E-state index is 13.1. The van der Waals surface area contributed by atoms with Crippen LogP contribution < -0.4 is 16.0 Å². The molecule has 0 spiro atoms. The van der Waals surface area contributed by atoms with Crippen LogP contribution in [0.4, 0.5) is 4.79 Å². The predicted molar refractivity (Wildman–Crippen MR) is 123 cm³/mol. The zero-order valence-electron chi connectivity index (χ0n) is 18.5. The smallest absolute Gasteiger partial charge is 0.315 e. The molecular weight excluding hydrogens is 386 g/mol. The van der Waals surface area contributed by atoms with Crippen LogP contribution >= 0.6 is 0 Å². The molecule has 3 atom stereocenters. The predicted octanol–water partition coefficient (Wildman–Crippen LogP) is 4.58. The summed E-state index contributed by atoms with van der Waals surface area (Å²) in [6.45, 7) is 3.94. The zero-order valence-corrected chi connectivity index (χ0v) is 18.5. The molecule has 0 radical (unpaired) electrons. The second-order valence-corrected chi connectivity index (χ2v) is 9.14. The fraction of sp³-hybridized carbons (Fsp3) is 0.462. The van der Waals surface area contributed by atoms with Crippen LogP contribution in [0.15, 0.2) is 48.5 Å². The summed E-state index contributed by atoms with van der Waals surface area (Å²) in [7, 11) is 0. The number of hydrogen-bond acceptors (Lipinski definition) is 2. The van der Waals surface area contributed by atoms with E-state index >= 15 is 0 Å². The summed E-state index contributed by atoms with van der Waals surface area (Å²) >= 11 is 0. The van der Waals surface area contributed by atoms with Gasteiger partial charge in [-0.05, 0) is 66.7 Å². The average molecular weight is 420 g/mol. The Morgan fingerprint density at radius 2 is 1.32 bits per heavy atom. The molecule has 0 saturated carbocycles. The lowest BCUT2D eigenvalue weighted by Crippen LogP contribution is -2.53. The zero-order chi connectivity index (χ0) is 21.8. The van der Waals surface area contributed by atoms with Crippen LogP contribution in [0, 0.1) is 5.92 Å². The third-order valence-electron chi connectivity index (χ3n) is 6.60. The fourth-order valence-corrected chi connectivity index (χ4v) is 4.95. The van der Waals surface area contributed by atoms with E-state index in [2.05, 4.69) is 46.3 Å². The highest BCUT2D eigenvalue weighted by molar-refractivity contribution is 5.87. The highest BCUT2D eigenvalue weighted by Crippen LogP contribution is 2.30. The van der Waals surface area contributed by atoms with Gasteiger partial charge < -0.3 is 16.0 Å². The lowest BCUT2D eigenvalue weighted by atomic mass is 9.87. The molecule has 0 aliphatic heterocycles. The number of urea groups is 1. The number of carbonyl (C=O) groups is 2. The van der Waals surface area contributed by atoms with Gasteiger partial charge in [0.2, 0.25) is 5.91 Å². The molecular formula is C26H33N3O2. The standard InChI is InChI=1S/C26H33N3O2/c1-17(2)24(25(30)27-22-15-7-11-18-9-3-5-13-20(18)22)29-26(31)28-23-16-8-12-19-10-4-6-14-21(19)23/h3-6,9-10,13-14,17,22-24H,7-8,11-12,15-16H2,1-2H3,(H,27,30)(H2,28,29,31)/t22-,23-,24+/m1/s1. The van der Waals surface area contributed by atoms with E-state index in [0.717, 1.165) is 38.5 Å². The molecule has 3 N–H and O–H groups in total. The molecule has 2 aliphatic carbocycles. The number of aryl methyl sites for hydroxylation is 2. The van der Waals surface area contributed by atoms with Gasteiger partial charge in [-0.1, -0.05) is 62.4 Å². The first-order valence-electron chi connectivity index (χ1n) is 11.6. The van der Waals surface area contributed by atoms with Crippen LogP contribution in [0.3, 0.4) is 0 Å². The quantitative estimate of drug-likeness (QED) is 0.664. The Balaban J connectivity index is 1.40. The second-order valence-electron chi connectivity index (χ2n) is 9.14. The van der Waals surface area contributed by atoms with Gasteiger partial charge in [0, 0.05) is 0 Å². The van der Waals surface area contributed by atoms with Gasteiger partial charge >= 0.3 is 6.03 Å². The van der Waals surface area contributed by atoms with Gasteiger partial charge in [0.25, 0.3) is 0 Å². The van der Waals surface area contributed by atoms with E-state index in [1.54, 1.807) is 0 Å². The van der Waals surface area contributed by atoms with Crippen molar-refractivity contribution in [3.05, 3.63) is 70.8 Å². The van der Waals surface area contributed by atoms with Gasteiger partial charge in [-0.25, -0.2) is 4.79 Å². The lowest BCUT2D eigenvalue weighted by molar-refractivity contribution is -0.124. The van der Waals surface area contributed by atoms with Gasteiger partial charge in [-0.2, -0.15) is 0 Å². The molecule has 3 amide bonds. The van der Waals surface area contributed by atoms with Crippen LogP contribution in [-0.4, -0.2) is 18.0 Å². The van der Waals surface area contributed by atoms with E-state index in [0.29, 0.717) is 0 Å². The van der Waals surface area contributed by atoms with E-state index in [9.17, 15) is 9.59 Å². The molecule has 0 fully saturated rings. The molecule has 31 heavy (non-hydrogen) atoms. The number of hydrogen-bond donors (Lipinski definition) is 3. The first-order chi connectivity index (χ1) is 15.0. The SMILES string of the molecule is CC(C)[C@H](NC(=O)N[C@@H]1CCCc2ccccc21)C(=O)N[C@@H]1CCCc2ccccc21. The molecule has 164 valence electrons. The first kappa shape index (κ1) is 21.4. The van der Waals surface area contributed by atoms with Crippen LogP contribution in [0.2, 0.25) is 0 Å². The first-order valence-corrected chi connectivity index (χ1v) is 11.6. The van der Waals surface area contributed by atoms with Crippen molar-refractivity contribution in [1.82, 2.24) is 16.0 Å². The molecule has 2 aromatic carbocycles. The summed E-state index contributed by atoms with van der Waals surface area (Å²) in [6, 6.07) is 15.7. The van der Waals surface area contributed by atoms with E-state index in [-0.39, 0.29) is 29.9 Å². The Morgan fingerprint density at radius 1 is 0.806 bits per heavy atom. The van der Waals surface area contributed by atoms with Crippen molar-refractivity contribution in [1.29, 1.82) is 0 Å². The van der Waals surface area contributed by atoms with Gasteiger partial charge in [-0.3, -0.25) is 4.79 Å². The van der Waals surface area contributed by atoms with Crippen LogP contribution in [0.5, 0.6) is 0 Å². The molecule has 0 saturated heterocycles. The summed E-state index contributed by atoms with van der Waals surface area (Å²) in [5, 5.41) is 9.25. The molecule has 0 unspecified atom stereocenters. The van der Waals surface area contributed by atoms with Crippen molar-refractivity contribution >= 4 is 11.9 Å². The third-order valence-corrected chi connectivity index (χ3v) is 6.60. The summed E-state index contributed by atoms with van der Waals surface area (Å²) < 4.78 is 0. The Bertz CT molecular complexity index is 940. The van der Waals surface area contributed by atoms with Crippen molar-refractivity contribution in [3.63, 3.8) is 0 Å². The Labute approximate surface area is 185 Å². The van der Waals surface area contributed by atoms with E-state index in [1.807, 2.05) is 32.0 Å². The van der Waals surface area contributed by atoms with Gasteiger partial charge in [-0.15, -0.1) is 0 Å².